The van der Waals surface area contributed by atoms with E-state index in [-0.39, 0.29) is 24.5 Å². The van der Waals surface area contributed by atoms with E-state index >= 15 is 0 Å². The molecule has 0 bridgehead atoms. The summed E-state index contributed by atoms with van der Waals surface area (Å²) in [4.78, 5) is 22.5. The first-order chi connectivity index (χ1) is 11.6. The second-order valence-electron chi connectivity index (χ2n) is 6.34. The Bertz CT molecular complexity index is 488. The van der Waals surface area contributed by atoms with E-state index in [0.717, 1.165) is 12.8 Å². The van der Waals surface area contributed by atoms with Crippen LogP contribution in [0.2, 0.25) is 0 Å². The van der Waals surface area contributed by atoms with Crippen LogP contribution in [-0.2, 0) is 9.59 Å². The zero-order valence-electron chi connectivity index (χ0n) is 14.6. The van der Waals surface area contributed by atoms with E-state index in [2.05, 4.69) is 13.0 Å². The number of carboxylic acid groups (broad SMARTS) is 1. The lowest BCUT2D eigenvalue weighted by atomic mass is 9.96. The Morgan fingerprint density at radius 3 is 2.62 bits per heavy atom. The Morgan fingerprint density at radius 2 is 1.92 bits per heavy atom. The molecule has 1 aliphatic carbocycles. The number of ketones is 1. The maximum absolute atomic E-state index is 12.0. The summed E-state index contributed by atoms with van der Waals surface area (Å²) in [6.45, 7) is 2.17. The number of aliphatic hydroxyl groups excluding tert-OH is 1. The normalized spacial score (nSPS) is 23.1. The number of carboxylic acids is 1. The zero-order valence-corrected chi connectivity index (χ0v) is 14.6. The monoisotopic (exact) mass is 334 g/mol. The molecule has 0 aromatic rings. The highest BCUT2D eigenvalue weighted by molar-refractivity contribution is 5.99. The third-order valence-corrected chi connectivity index (χ3v) is 4.28. The average Bonchev–Trinajstić information content (AvgIpc) is 2.80. The van der Waals surface area contributed by atoms with E-state index in [1.165, 1.54) is 12.8 Å². The summed E-state index contributed by atoms with van der Waals surface area (Å²) in [6, 6.07) is 0. The smallest absolute Gasteiger partial charge is 0.303 e. The van der Waals surface area contributed by atoms with E-state index in [4.69, 9.17) is 5.11 Å². The van der Waals surface area contributed by atoms with Gasteiger partial charge in [0, 0.05) is 24.3 Å². The highest BCUT2D eigenvalue weighted by Crippen LogP contribution is 2.31. The second kappa shape index (κ2) is 11.8. The van der Waals surface area contributed by atoms with Crippen LogP contribution in [0.3, 0.4) is 0 Å². The summed E-state index contributed by atoms with van der Waals surface area (Å²) in [6.07, 6.45) is 16.1. The van der Waals surface area contributed by atoms with Crippen LogP contribution in [0.5, 0.6) is 0 Å². The SMILES string of the molecule is CCCCC/C=C/C=C1/C(=O)C[C@H](O)[C@@H]1C/C=C\CCCC(=O)O. The molecule has 0 aromatic carbocycles. The van der Waals surface area contributed by atoms with Gasteiger partial charge in [-0.15, -0.1) is 0 Å². The molecule has 1 saturated carbocycles. The lowest BCUT2D eigenvalue weighted by Gasteiger charge is -2.12. The number of rotatable bonds is 11. The van der Waals surface area contributed by atoms with Gasteiger partial charge in [-0.3, -0.25) is 9.59 Å². The van der Waals surface area contributed by atoms with E-state index < -0.39 is 12.1 Å². The van der Waals surface area contributed by atoms with Gasteiger partial charge in [0.1, 0.15) is 0 Å². The van der Waals surface area contributed by atoms with Gasteiger partial charge in [-0.25, -0.2) is 0 Å². The lowest BCUT2D eigenvalue weighted by molar-refractivity contribution is -0.137. The second-order valence-corrected chi connectivity index (χ2v) is 6.34. The first kappa shape index (κ1) is 20.4. The zero-order chi connectivity index (χ0) is 17.8. The number of Topliss-reactive ketones (excluding diaryl/α,β-unsaturated/α-hetero) is 1. The molecule has 0 spiro atoms. The summed E-state index contributed by atoms with van der Waals surface area (Å²) >= 11 is 0. The summed E-state index contributed by atoms with van der Waals surface area (Å²) in [7, 11) is 0. The van der Waals surface area contributed by atoms with Crippen molar-refractivity contribution in [1.29, 1.82) is 0 Å². The van der Waals surface area contributed by atoms with Gasteiger partial charge >= 0.3 is 5.97 Å². The molecular formula is C20H30O4. The van der Waals surface area contributed by atoms with E-state index in [1.54, 1.807) is 0 Å². The van der Waals surface area contributed by atoms with Crippen molar-refractivity contribution in [2.45, 2.75) is 70.8 Å². The van der Waals surface area contributed by atoms with Crippen LogP contribution in [-0.4, -0.2) is 28.1 Å². The van der Waals surface area contributed by atoms with Crippen LogP contribution in [0.25, 0.3) is 0 Å². The molecule has 2 atom stereocenters. The Labute approximate surface area is 145 Å². The van der Waals surface area contributed by atoms with Gasteiger partial charge in [0.15, 0.2) is 5.78 Å². The van der Waals surface area contributed by atoms with Gasteiger partial charge in [0.05, 0.1) is 6.10 Å². The molecule has 1 rings (SSSR count). The van der Waals surface area contributed by atoms with Crippen molar-refractivity contribution in [3.05, 3.63) is 36.0 Å². The standard InChI is InChI=1S/C20H30O4/c1-2-3-4-5-6-9-12-16-17(19(22)15-18(16)21)13-10-7-8-11-14-20(23)24/h6-7,9-10,12,17,19,22H,2-5,8,11,13-15H2,1H3,(H,23,24)/b9-6+,10-7-,16-12+/t17-,19+/m1/s1. The Balaban J connectivity index is 2.48. The molecule has 134 valence electrons. The lowest BCUT2D eigenvalue weighted by Crippen LogP contribution is -2.13. The number of hydrogen-bond acceptors (Lipinski definition) is 3. The van der Waals surface area contributed by atoms with Crippen molar-refractivity contribution in [3.8, 4) is 0 Å². The number of hydrogen-bond donors (Lipinski definition) is 2. The van der Waals surface area contributed by atoms with Crippen LogP contribution in [0, 0.1) is 5.92 Å². The molecule has 1 aliphatic rings. The van der Waals surface area contributed by atoms with Gasteiger partial charge in [-0.1, -0.05) is 50.1 Å². The number of carbonyl (C=O) groups is 2. The quantitative estimate of drug-likeness (QED) is 0.337. The van der Waals surface area contributed by atoms with Crippen LogP contribution in [0.1, 0.15) is 64.7 Å². The van der Waals surface area contributed by atoms with Crippen molar-refractivity contribution >= 4 is 11.8 Å². The topological polar surface area (TPSA) is 74.6 Å². The molecule has 0 amide bonds. The van der Waals surface area contributed by atoms with Crippen molar-refractivity contribution < 1.29 is 19.8 Å². The van der Waals surface area contributed by atoms with E-state index in [0.29, 0.717) is 24.8 Å². The Hall–Kier alpha value is -1.68. The first-order valence-corrected chi connectivity index (χ1v) is 9.01. The van der Waals surface area contributed by atoms with Crippen LogP contribution >= 0.6 is 0 Å². The Morgan fingerprint density at radius 1 is 1.17 bits per heavy atom. The summed E-state index contributed by atoms with van der Waals surface area (Å²) in [5, 5.41) is 18.7. The highest BCUT2D eigenvalue weighted by Gasteiger charge is 2.35. The minimum atomic E-state index is -0.781. The first-order valence-electron chi connectivity index (χ1n) is 9.01. The minimum absolute atomic E-state index is 0.0324. The molecule has 0 radical (unpaired) electrons. The largest absolute Gasteiger partial charge is 0.481 e. The van der Waals surface area contributed by atoms with Crippen LogP contribution in [0.15, 0.2) is 36.0 Å². The average molecular weight is 334 g/mol. The van der Waals surface area contributed by atoms with Crippen molar-refractivity contribution in [1.82, 2.24) is 0 Å². The Kier molecular flexibility index (Phi) is 10.0. The third kappa shape index (κ3) is 7.73. The predicted molar refractivity (Wildman–Crippen MR) is 95.7 cm³/mol. The molecule has 0 heterocycles. The maximum atomic E-state index is 12.0. The van der Waals surface area contributed by atoms with Crippen molar-refractivity contribution in [2.24, 2.45) is 5.92 Å². The van der Waals surface area contributed by atoms with Gasteiger partial charge < -0.3 is 10.2 Å². The predicted octanol–water partition coefficient (Wildman–Crippen LogP) is 4.20. The number of allylic oxidation sites excluding steroid dienone is 5. The fourth-order valence-electron chi connectivity index (χ4n) is 2.88. The minimum Gasteiger partial charge on any atom is -0.481 e. The molecule has 4 heteroatoms. The highest BCUT2D eigenvalue weighted by atomic mass is 16.4. The van der Waals surface area contributed by atoms with Gasteiger partial charge in [0.25, 0.3) is 0 Å². The number of aliphatic carboxylic acids is 1. The number of aliphatic hydroxyl groups is 1. The fraction of sp³-hybridized carbons (Fsp3) is 0.600. The molecule has 24 heavy (non-hydrogen) atoms. The van der Waals surface area contributed by atoms with Crippen molar-refractivity contribution in [2.75, 3.05) is 0 Å². The third-order valence-electron chi connectivity index (χ3n) is 4.28. The summed E-state index contributed by atoms with van der Waals surface area (Å²) in [5.41, 5.74) is 0.712. The van der Waals surface area contributed by atoms with Crippen LogP contribution in [0.4, 0.5) is 0 Å². The van der Waals surface area contributed by atoms with Gasteiger partial charge in [-0.05, 0) is 32.1 Å². The van der Waals surface area contributed by atoms with E-state index in [9.17, 15) is 14.7 Å². The molecule has 0 unspecified atom stereocenters. The maximum Gasteiger partial charge on any atom is 0.303 e. The molecule has 0 aliphatic heterocycles. The van der Waals surface area contributed by atoms with Crippen LogP contribution < -0.4 is 0 Å². The fourth-order valence-corrected chi connectivity index (χ4v) is 2.88. The number of carbonyl (C=O) groups excluding carboxylic acids is 1. The molecule has 1 fully saturated rings. The van der Waals surface area contributed by atoms with Gasteiger partial charge in [0.2, 0.25) is 0 Å². The summed E-state index contributed by atoms with van der Waals surface area (Å²) < 4.78 is 0. The molecule has 2 N–H and O–H groups in total. The molecule has 0 aromatic heterocycles. The molecular weight excluding hydrogens is 304 g/mol. The van der Waals surface area contributed by atoms with Crippen molar-refractivity contribution in [3.63, 3.8) is 0 Å². The summed E-state index contributed by atoms with van der Waals surface area (Å²) in [5.74, 6) is -0.894. The number of unbranched alkanes of at least 4 members (excludes halogenated alkanes) is 4. The molecule has 4 nitrogen and oxygen atoms in total. The van der Waals surface area contributed by atoms with E-state index in [1.807, 2.05) is 24.3 Å². The molecule has 0 saturated heterocycles. The van der Waals surface area contributed by atoms with Gasteiger partial charge in [-0.2, -0.15) is 0 Å².